The predicted octanol–water partition coefficient (Wildman–Crippen LogP) is 2.50. The average Bonchev–Trinajstić information content (AvgIpc) is 2.87. The Hall–Kier alpha value is -1.89. The number of hydrogen-bond donors (Lipinski definition) is 1. The van der Waals surface area contributed by atoms with E-state index in [0.717, 1.165) is 11.3 Å². The van der Waals surface area contributed by atoms with Crippen molar-refractivity contribution >= 4 is 16.5 Å². The number of rotatable bonds is 3. The topological polar surface area (TPSA) is 59.0 Å². The summed E-state index contributed by atoms with van der Waals surface area (Å²) in [5.74, 6) is 0.717. The van der Waals surface area contributed by atoms with Crippen molar-refractivity contribution in [3.63, 3.8) is 0 Å². The van der Waals surface area contributed by atoms with Crippen LogP contribution in [0, 0.1) is 0 Å². The molecule has 3 rings (SSSR count). The first-order valence-electron chi connectivity index (χ1n) is 6.00. The molecule has 2 aromatic rings. The van der Waals surface area contributed by atoms with Crippen molar-refractivity contribution in [2.75, 3.05) is 12.3 Å². The fourth-order valence-electron chi connectivity index (χ4n) is 1.99. The maximum atomic E-state index is 12.5. The van der Waals surface area contributed by atoms with Crippen molar-refractivity contribution in [1.29, 1.82) is 0 Å². The lowest BCUT2D eigenvalue weighted by atomic mass is 10.2. The van der Waals surface area contributed by atoms with Crippen LogP contribution in [0.25, 0.3) is 0 Å². The van der Waals surface area contributed by atoms with Gasteiger partial charge in [0.15, 0.2) is 0 Å². The molecule has 1 heterocycles. The summed E-state index contributed by atoms with van der Waals surface area (Å²) >= 11 is 0. The Labute approximate surface area is 118 Å². The van der Waals surface area contributed by atoms with E-state index < -0.39 is 10.8 Å². The highest BCUT2D eigenvalue weighted by Gasteiger charge is 2.20. The molecule has 1 unspecified atom stereocenters. The molecule has 20 heavy (non-hydrogen) atoms. The van der Waals surface area contributed by atoms with Crippen molar-refractivity contribution < 1.29 is 19.0 Å². The summed E-state index contributed by atoms with van der Waals surface area (Å²) in [6.45, 7) is 0.321. The quantitative estimate of drug-likeness (QED) is 0.941. The van der Waals surface area contributed by atoms with E-state index in [9.17, 15) is 9.42 Å². The highest BCUT2D eigenvalue weighted by molar-refractivity contribution is 7.85. The van der Waals surface area contributed by atoms with Crippen LogP contribution in [0.5, 0.6) is 5.75 Å². The molecule has 0 aromatic heterocycles. The molecule has 1 aliphatic rings. The third-order valence-electron chi connectivity index (χ3n) is 3.09. The Kier molecular flexibility index (Phi) is 3.43. The van der Waals surface area contributed by atoms with Crippen LogP contribution in [0.2, 0.25) is 0 Å². The van der Waals surface area contributed by atoms with Gasteiger partial charge in [-0.05, 0) is 36.4 Å². The monoisotopic (exact) mass is 291 g/mol. The van der Waals surface area contributed by atoms with Crippen LogP contribution in [0.1, 0.15) is 5.56 Å². The molecule has 1 N–H and O–H groups in total. The van der Waals surface area contributed by atoms with Crippen molar-refractivity contribution in [3.05, 3.63) is 48.0 Å². The Morgan fingerprint density at radius 3 is 2.60 bits per heavy atom. The van der Waals surface area contributed by atoms with Crippen LogP contribution in [-0.4, -0.2) is 16.5 Å². The van der Waals surface area contributed by atoms with Gasteiger partial charge < -0.3 is 4.74 Å². The molecule has 0 saturated heterocycles. The highest BCUT2D eigenvalue weighted by Crippen LogP contribution is 2.30. The summed E-state index contributed by atoms with van der Waals surface area (Å²) in [5, 5.41) is 10.2. The van der Waals surface area contributed by atoms with Crippen LogP contribution in [-0.2, 0) is 22.2 Å². The first-order valence-corrected chi connectivity index (χ1v) is 7.14. The van der Waals surface area contributed by atoms with E-state index in [0.29, 0.717) is 27.3 Å². The molecular weight excluding hydrogens is 278 g/mol. The van der Waals surface area contributed by atoms with Gasteiger partial charge >= 0.3 is 0 Å². The minimum atomic E-state index is -1.31. The summed E-state index contributed by atoms with van der Waals surface area (Å²) in [6, 6.07) is 12.3. The van der Waals surface area contributed by atoms with Crippen LogP contribution in [0.3, 0.4) is 0 Å². The van der Waals surface area contributed by atoms with E-state index in [1.54, 1.807) is 43.5 Å². The summed E-state index contributed by atoms with van der Waals surface area (Å²) in [5.41, 5.74) is 1.40. The smallest absolute Gasteiger partial charge is 0.118 e. The van der Waals surface area contributed by atoms with Crippen molar-refractivity contribution in [3.8, 4) is 5.75 Å². The maximum absolute atomic E-state index is 12.5. The van der Waals surface area contributed by atoms with Crippen molar-refractivity contribution in [2.24, 2.45) is 0 Å². The maximum Gasteiger partial charge on any atom is 0.118 e. The first kappa shape index (κ1) is 13.1. The standard InChI is InChI=1S/C14H13NO4S/c1-18-11-3-6-12(7-4-11)20(17)13-5-2-10-9-19-15(16)14(10)8-13/h2-8,16H,9H2,1H3. The van der Waals surface area contributed by atoms with Gasteiger partial charge in [-0.25, -0.2) is 9.05 Å². The van der Waals surface area contributed by atoms with E-state index in [1.165, 1.54) is 0 Å². The Morgan fingerprint density at radius 2 is 1.90 bits per heavy atom. The van der Waals surface area contributed by atoms with Crippen LogP contribution < -0.4 is 9.96 Å². The number of hydrogen-bond acceptors (Lipinski definition) is 5. The van der Waals surface area contributed by atoms with Gasteiger partial charge in [0.1, 0.15) is 18.0 Å². The number of fused-ring (bicyclic) bond motifs is 1. The second-order valence-corrected chi connectivity index (χ2v) is 5.76. The zero-order valence-corrected chi connectivity index (χ0v) is 11.6. The van der Waals surface area contributed by atoms with E-state index >= 15 is 0 Å². The molecule has 0 saturated carbocycles. The fourth-order valence-corrected chi connectivity index (χ4v) is 3.06. The number of ether oxygens (including phenoxy) is 1. The second-order valence-electron chi connectivity index (χ2n) is 4.28. The van der Waals surface area contributed by atoms with Crippen molar-refractivity contribution in [1.82, 2.24) is 0 Å². The van der Waals surface area contributed by atoms with Crippen molar-refractivity contribution in [2.45, 2.75) is 16.4 Å². The van der Waals surface area contributed by atoms with Gasteiger partial charge in [-0.3, -0.25) is 5.21 Å². The Bertz CT molecular complexity index is 657. The van der Waals surface area contributed by atoms with Gasteiger partial charge in [0.25, 0.3) is 0 Å². The van der Waals surface area contributed by atoms with Gasteiger partial charge in [0.05, 0.1) is 17.9 Å². The third kappa shape index (κ3) is 2.29. The average molecular weight is 291 g/mol. The largest absolute Gasteiger partial charge is 0.497 e. The molecule has 0 bridgehead atoms. The molecule has 0 fully saturated rings. The molecule has 0 amide bonds. The summed E-state index contributed by atoms with van der Waals surface area (Å²) in [7, 11) is 0.272. The molecule has 1 aliphatic heterocycles. The highest BCUT2D eigenvalue weighted by atomic mass is 32.2. The van der Waals surface area contributed by atoms with Gasteiger partial charge in [0, 0.05) is 15.4 Å². The van der Waals surface area contributed by atoms with Gasteiger partial charge in [0.2, 0.25) is 0 Å². The fraction of sp³-hybridized carbons (Fsp3) is 0.143. The minimum Gasteiger partial charge on any atom is -0.497 e. The Morgan fingerprint density at radius 1 is 1.20 bits per heavy atom. The summed E-state index contributed by atoms with van der Waals surface area (Å²) in [4.78, 5) is 6.25. The lowest BCUT2D eigenvalue weighted by Gasteiger charge is -2.09. The van der Waals surface area contributed by atoms with Crippen LogP contribution in [0.4, 0.5) is 5.69 Å². The molecule has 6 heteroatoms. The molecule has 0 spiro atoms. The van der Waals surface area contributed by atoms with Gasteiger partial charge in [-0.1, -0.05) is 6.07 Å². The molecule has 0 radical (unpaired) electrons. The van der Waals surface area contributed by atoms with Crippen LogP contribution >= 0.6 is 0 Å². The predicted molar refractivity (Wildman–Crippen MR) is 73.2 cm³/mol. The van der Waals surface area contributed by atoms with E-state index in [1.807, 2.05) is 6.07 Å². The minimum absolute atomic E-state index is 0.321. The van der Waals surface area contributed by atoms with Gasteiger partial charge in [-0.15, -0.1) is 5.23 Å². The number of anilines is 1. The first-order chi connectivity index (χ1) is 9.69. The molecule has 5 nitrogen and oxygen atoms in total. The molecule has 104 valence electrons. The van der Waals surface area contributed by atoms with Gasteiger partial charge in [-0.2, -0.15) is 0 Å². The normalized spacial score (nSPS) is 15.0. The summed E-state index contributed by atoms with van der Waals surface area (Å²) in [6.07, 6.45) is 0. The molecule has 1 atom stereocenters. The second kappa shape index (κ2) is 5.24. The zero-order valence-electron chi connectivity index (χ0n) is 10.8. The van der Waals surface area contributed by atoms with E-state index in [4.69, 9.17) is 9.57 Å². The van der Waals surface area contributed by atoms with Crippen LogP contribution in [0.15, 0.2) is 52.3 Å². The molecule has 2 aromatic carbocycles. The number of benzene rings is 2. The lowest BCUT2D eigenvalue weighted by Crippen LogP contribution is -2.11. The molecule has 0 aliphatic carbocycles. The molecular formula is C14H13NO4S. The number of methoxy groups -OCH3 is 1. The summed E-state index contributed by atoms with van der Waals surface area (Å²) < 4.78 is 17.6. The zero-order chi connectivity index (χ0) is 14.1. The third-order valence-corrected chi connectivity index (χ3v) is 4.48. The van der Waals surface area contributed by atoms with E-state index in [-0.39, 0.29) is 0 Å². The Balaban J connectivity index is 1.92. The SMILES string of the molecule is COc1ccc(S(=O)c2ccc3c(c2)N(O)OC3)cc1. The van der Waals surface area contributed by atoms with E-state index in [2.05, 4.69) is 0 Å². The lowest BCUT2D eigenvalue weighted by molar-refractivity contribution is -0.0329. The number of nitrogens with zero attached hydrogens (tertiary/aromatic N) is 1.